The third-order valence-corrected chi connectivity index (χ3v) is 5.21. The number of aromatic nitrogens is 2. The molecule has 1 N–H and O–H groups in total. The van der Waals surface area contributed by atoms with Crippen molar-refractivity contribution in [3.63, 3.8) is 0 Å². The molecule has 1 amide bonds. The lowest BCUT2D eigenvalue weighted by Gasteiger charge is -2.20. The number of pyridine rings is 1. The van der Waals surface area contributed by atoms with Gasteiger partial charge in [-0.1, -0.05) is 6.07 Å². The number of ether oxygens (including phenoxy) is 3. The van der Waals surface area contributed by atoms with Crippen LogP contribution in [0.4, 0.5) is 0 Å². The van der Waals surface area contributed by atoms with E-state index in [4.69, 9.17) is 14.2 Å². The number of benzene rings is 1. The Labute approximate surface area is 177 Å². The number of nitrogens with one attached hydrogen (secondary N) is 1. The largest absolute Gasteiger partial charge is 0.497 e. The molecule has 0 bridgehead atoms. The van der Waals surface area contributed by atoms with E-state index in [2.05, 4.69) is 15.3 Å². The molecule has 0 saturated heterocycles. The zero-order valence-electron chi connectivity index (χ0n) is 16.7. The molecule has 0 unspecified atom stereocenters. The summed E-state index contributed by atoms with van der Waals surface area (Å²) in [6.45, 7) is 0. The Hall–Kier alpha value is -3.46. The van der Waals surface area contributed by atoms with Crippen LogP contribution >= 0.6 is 11.3 Å². The summed E-state index contributed by atoms with van der Waals surface area (Å²) in [5.41, 5.74) is 1.55. The van der Waals surface area contributed by atoms with Gasteiger partial charge in [-0.25, -0.2) is 4.98 Å². The number of rotatable bonds is 8. The summed E-state index contributed by atoms with van der Waals surface area (Å²) < 4.78 is 15.4. The lowest BCUT2D eigenvalue weighted by atomic mass is 10.0. The summed E-state index contributed by atoms with van der Waals surface area (Å²) in [7, 11) is 4.35. The van der Waals surface area contributed by atoms with Crippen LogP contribution < -0.4 is 14.8 Å². The molecule has 2 aromatic heterocycles. The van der Waals surface area contributed by atoms with Crippen LogP contribution in [-0.4, -0.2) is 43.2 Å². The van der Waals surface area contributed by atoms with Gasteiger partial charge in [0, 0.05) is 23.2 Å². The van der Waals surface area contributed by atoms with Crippen molar-refractivity contribution in [1.29, 1.82) is 0 Å². The van der Waals surface area contributed by atoms with E-state index in [1.165, 1.54) is 25.6 Å². The Morgan fingerprint density at radius 3 is 2.63 bits per heavy atom. The fourth-order valence-electron chi connectivity index (χ4n) is 2.81. The van der Waals surface area contributed by atoms with Gasteiger partial charge in [0.2, 0.25) is 0 Å². The average molecular weight is 427 g/mol. The Bertz CT molecular complexity index is 1020. The van der Waals surface area contributed by atoms with Crippen LogP contribution in [0.1, 0.15) is 28.5 Å². The molecule has 0 aliphatic carbocycles. The van der Waals surface area contributed by atoms with Crippen LogP contribution in [0.25, 0.3) is 10.7 Å². The molecule has 1 aromatic carbocycles. The van der Waals surface area contributed by atoms with Crippen molar-refractivity contribution in [1.82, 2.24) is 15.3 Å². The van der Waals surface area contributed by atoms with Gasteiger partial charge in [-0.3, -0.25) is 14.6 Å². The van der Waals surface area contributed by atoms with Gasteiger partial charge < -0.3 is 19.5 Å². The normalized spacial score (nSPS) is 11.4. The zero-order chi connectivity index (χ0) is 21.5. The lowest BCUT2D eigenvalue weighted by molar-refractivity contribution is -0.141. The summed E-state index contributed by atoms with van der Waals surface area (Å²) in [5, 5.41) is 5.14. The maximum Gasteiger partial charge on any atom is 0.307 e. The summed E-state index contributed by atoms with van der Waals surface area (Å²) in [6, 6.07) is 9.97. The van der Waals surface area contributed by atoms with E-state index < -0.39 is 17.9 Å². The van der Waals surface area contributed by atoms with Gasteiger partial charge in [-0.15, -0.1) is 11.3 Å². The van der Waals surface area contributed by atoms with Crippen LogP contribution in [0.3, 0.4) is 0 Å². The van der Waals surface area contributed by atoms with Gasteiger partial charge in [0.1, 0.15) is 22.2 Å². The van der Waals surface area contributed by atoms with Gasteiger partial charge in [0.25, 0.3) is 5.91 Å². The lowest BCUT2D eigenvalue weighted by Crippen LogP contribution is -2.31. The number of amides is 1. The summed E-state index contributed by atoms with van der Waals surface area (Å²) in [5.74, 6) is 0.195. The molecule has 30 heavy (non-hydrogen) atoms. The number of carbonyl (C=O) groups is 2. The SMILES string of the molecule is COC(=O)C[C@H](NC(=O)c1csc(-c2ccccn2)n1)c1ccc(OC)cc1OC. The second-order valence-electron chi connectivity index (χ2n) is 6.17. The Kier molecular flexibility index (Phi) is 6.97. The van der Waals surface area contributed by atoms with Crippen molar-refractivity contribution < 1.29 is 23.8 Å². The molecule has 9 heteroatoms. The minimum atomic E-state index is -0.675. The first-order valence-corrected chi connectivity index (χ1v) is 9.90. The predicted molar refractivity (Wildman–Crippen MR) is 112 cm³/mol. The monoisotopic (exact) mass is 427 g/mol. The van der Waals surface area contributed by atoms with Gasteiger partial charge in [-0.2, -0.15) is 0 Å². The van der Waals surface area contributed by atoms with Crippen molar-refractivity contribution in [3.8, 4) is 22.2 Å². The summed E-state index contributed by atoms with van der Waals surface area (Å²) >= 11 is 1.32. The molecule has 2 heterocycles. The van der Waals surface area contributed by atoms with Gasteiger partial charge in [-0.05, 0) is 24.3 Å². The molecule has 0 spiro atoms. The molecule has 1 atom stereocenters. The van der Waals surface area contributed by atoms with Crippen molar-refractivity contribution >= 4 is 23.2 Å². The highest BCUT2D eigenvalue weighted by atomic mass is 32.1. The first-order chi connectivity index (χ1) is 14.5. The quantitative estimate of drug-likeness (QED) is 0.551. The van der Waals surface area contributed by atoms with E-state index in [1.54, 1.807) is 36.9 Å². The van der Waals surface area contributed by atoms with Crippen molar-refractivity contribution in [2.24, 2.45) is 0 Å². The molecule has 0 aliphatic heterocycles. The number of methoxy groups -OCH3 is 3. The standard InChI is InChI=1S/C21H21N3O5S/c1-27-13-7-8-14(18(10-13)28-2)16(11-19(25)29-3)23-20(26)17-12-30-21(24-17)15-6-4-5-9-22-15/h4-10,12,16H,11H2,1-3H3,(H,23,26)/t16-/m0/s1. The number of esters is 1. The van der Waals surface area contributed by atoms with Crippen molar-refractivity contribution in [2.75, 3.05) is 21.3 Å². The van der Waals surface area contributed by atoms with Crippen LogP contribution in [0.15, 0.2) is 48.0 Å². The van der Waals surface area contributed by atoms with Crippen LogP contribution in [-0.2, 0) is 9.53 Å². The van der Waals surface area contributed by atoms with Gasteiger partial charge in [0.05, 0.1) is 39.5 Å². The highest BCUT2D eigenvalue weighted by molar-refractivity contribution is 7.13. The minimum absolute atomic E-state index is 0.0673. The second-order valence-corrected chi connectivity index (χ2v) is 7.03. The molecule has 0 fully saturated rings. The maximum absolute atomic E-state index is 12.9. The van der Waals surface area contributed by atoms with E-state index in [0.29, 0.717) is 27.8 Å². The number of thiazole rings is 1. The molecular formula is C21H21N3O5S. The molecule has 0 saturated carbocycles. The molecular weight excluding hydrogens is 406 g/mol. The van der Waals surface area contributed by atoms with Crippen molar-refractivity contribution in [3.05, 3.63) is 59.2 Å². The fourth-order valence-corrected chi connectivity index (χ4v) is 3.59. The number of hydrogen-bond acceptors (Lipinski definition) is 8. The van der Waals surface area contributed by atoms with E-state index in [9.17, 15) is 9.59 Å². The second kappa shape index (κ2) is 9.84. The zero-order valence-corrected chi connectivity index (χ0v) is 17.6. The molecule has 0 aliphatic rings. The van der Waals surface area contributed by atoms with E-state index in [1.807, 2.05) is 18.2 Å². The highest BCUT2D eigenvalue weighted by Gasteiger charge is 2.24. The van der Waals surface area contributed by atoms with Crippen LogP contribution in [0.5, 0.6) is 11.5 Å². The van der Waals surface area contributed by atoms with Gasteiger partial charge >= 0.3 is 5.97 Å². The summed E-state index contributed by atoms with van der Waals surface area (Å²) in [6.07, 6.45) is 1.60. The first kappa shape index (κ1) is 21.3. The van der Waals surface area contributed by atoms with E-state index >= 15 is 0 Å². The number of carbonyl (C=O) groups excluding carboxylic acids is 2. The molecule has 156 valence electrons. The average Bonchev–Trinajstić information content (AvgIpc) is 3.29. The van der Waals surface area contributed by atoms with Crippen LogP contribution in [0.2, 0.25) is 0 Å². The number of hydrogen-bond donors (Lipinski definition) is 1. The first-order valence-electron chi connectivity index (χ1n) is 9.02. The molecule has 0 radical (unpaired) electrons. The molecule has 3 aromatic rings. The summed E-state index contributed by atoms with van der Waals surface area (Å²) in [4.78, 5) is 33.4. The van der Waals surface area contributed by atoms with Crippen molar-refractivity contribution in [2.45, 2.75) is 12.5 Å². The Morgan fingerprint density at radius 1 is 1.13 bits per heavy atom. The Balaban J connectivity index is 1.86. The predicted octanol–water partition coefficient (Wildman–Crippen LogP) is 3.26. The van der Waals surface area contributed by atoms with E-state index in [0.717, 1.165) is 0 Å². The smallest absolute Gasteiger partial charge is 0.307 e. The minimum Gasteiger partial charge on any atom is -0.497 e. The third-order valence-electron chi connectivity index (χ3n) is 4.34. The van der Waals surface area contributed by atoms with E-state index in [-0.39, 0.29) is 12.1 Å². The molecule has 3 rings (SSSR count). The number of nitrogens with zero attached hydrogens (tertiary/aromatic N) is 2. The Morgan fingerprint density at radius 2 is 1.97 bits per heavy atom. The molecule has 8 nitrogen and oxygen atoms in total. The fraction of sp³-hybridized carbons (Fsp3) is 0.238. The third kappa shape index (κ3) is 4.93. The maximum atomic E-state index is 12.9. The topological polar surface area (TPSA) is 99.6 Å². The highest BCUT2D eigenvalue weighted by Crippen LogP contribution is 2.32. The van der Waals surface area contributed by atoms with Gasteiger partial charge in [0.15, 0.2) is 0 Å². The van der Waals surface area contributed by atoms with Crippen LogP contribution in [0, 0.1) is 0 Å².